The predicted molar refractivity (Wildman–Crippen MR) is 79.1 cm³/mol. The number of nitrogens with two attached hydrogens (primary N) is 1. The van der Waals surface area contributed by atoms with Crippen molar-refractivity contribution in [3.05, 3.63) is 40.1 Å². The van der Waals surface area contributed by atoms with Gasteiger partial charge in [0.25, 0.3) is 5.91 Å². The third-order valence-corrected chi connectivity index (χ3v) is 3.93. The van der Waals surface area contributed by atoms with Crippen LogP contribution in [0.4, 0.5) is 11.4 Å². The highest BCUT2D eigenvalue weighted by molar-refractivity contribution is 7.14. The molecule has 0 spiro atoms. The largest absolute Gasteiger partial charge is 0.495 e. The minimum atomic E-state index is -0.145. The molecule has 0 bridgehead atoms. The Morgan fingerprint density at radius 2 is 2.16 bits per heavy atom. The van der Waals surface area contributed by atoms with Gasteiger partial charge in [0.2, 0.25) is 0 Å². The minimum Gasteiger partial charge on any atom is -0.495 e. The molecule has 0 radical (unpaired) electrons. The molecule has 100 valence electrons. The van der Waals surface area contributed by atoms with Crippen LogP contribution in [0, 0.1) is 0 Å². The Labute approximate surface area is 116 Å². The number of carbonyl (C=O) groups is 1. The predicted octanol–water partition coefficient (Wildman–Crippen LogP) is 3.15. The number of nitrogens with one attached hydrogen (secondary N) is 1. The lowest BCUT2D eigenvalue weighted by Crippen LogP contribution is -2.11. The molecule has 0 saturated carbocycles. The van der Waals surface area contributed by atoms with Crippen molar-refractivity contribution in [3.63, 3.8) is 0 Å². The van der Waals surface area contributed by atoms with Crippen LogP contribution in [-0.4, -0.2) is 13.0 Å². The van der Waals surface area contributed by atoms with Crippen LogP contribution < -0.4 is 15.8 Å². The average Bonchev–Trinajstić information content (AvgIpc) is 2.88. The van der Waals surface area contributed by atoms with Crippen molar-refractivity contribution in [1.82, 2.24) is 0 Å². The van der Waals surface area contributed by atoms with Crippen molar-refractivity contribution in [2.75, 3.05) is 18.2 Å². The minimum absolute atomic E-state index is 0.145. The summed E-state index contributed by atoms with van der Waals surface area (Å²) in [5.74, 6) is 0.448. The molecule has 0 aliphatic rings. The number of rotatable bonds is 4. The monoisotopic (exact) mass is 276 g/mol. The summed E-state index contributed by atoms with van der Waals surface area (Å²) in [6, 6.07) is 8.95. The Hall–Kier alpha value is -2.01. The molecular weight excluding hydrogens is 260 g/mol. The van der Waals surface area contributed by atoms with Crippen LogP contribution >= 0.6 is 11.3 Å². The van der Waals surface area contributed by atoms with E-state index in [-0.39, 0.29) is 5.91 Å². The summed E-state index contributed by atoms with van der Waals surface area (Å²) in [4.78, 5) is 14.0. The third-order valence-electron chi connectivity index (χ3n) is 2.71. The number of thiophene rings is 1. The van der Waals surface area contributed by atoms with E-state index in [0.29, 0.717) is 22.0 Å². The third kappa shape index (κ3) is 3.06. The highest BCUT2D eigenvalue weighted by atomic mass is 32.1. The van der Waals surface area contributed by atoms with Crippen LogP contribution in [-0.2, 0) is 6.42 Å². The fourth-order valence-corrected chi connectivity index (χ4v) is 2.54. The van der Waals surface area contributed by atoms with Gasteiger partial charge in [0.15, 0.2) is 0 Å². The maximum Gasteiger partial charge on any atom is 0.265 e. The number of hydrogen-bond donors (Lipinski definition) is 2. The van der Waals surface area contributed by atoms with Crippen molar-refractivity contribution in [3.8, 4) is 5.75 Å². The lowest BCUT2D eigenvalue weighted by Gasteiger charge is -2.10. The van der Waals surface area contributed by atoms with E-state index in [1.54, 1.807) is 25.3 Å². The second-order valence-electron chi connectivity index (χ2n) is 4.03. The molecule has 2 aromatic rings. The summed E-state index contributed by atoms with van der Waals surface area (Å²) in [5.41, 5.74) is 6.88. The molecule has 0 atom stereocenters. The Bertz CT molecular complexity index is 593. The van der Waals surface area contributed by atoms with Gasteiger partial charge in [-0.15, -0.1) is 11.3 Å². The molecule has 2 rings (SSSR count). The van der Waals surface area contributed by atoms with E-state index in [4.69, 9.17) is 10.5 Å². The molecule has 1 heterocycles. The fourth-order valence-electron chi connectivity index (χ4n) is 1.70. The van der Waals surface area contributed by atoms with Gasteiger partial charge in [-0.3, -0.25) is 4.79 Å². The van der Waals surface area contributed by atoms with Gasteiger partial charge >= 0.3 is 0 Å². The van der Waals surface area contributed by atoms with Gasteiger partial charge in [-0.2, -0.15) is 0 Å². The normalized spacial score (nSPS) is 10.2. The van der Waals surface area contributed by atoms with E-state index >= 15 is 0 Å². The first kappa shape index (κ1) is 13.4. The molecule has 3 N–H and O–H groups in total. The molecule has 1 aromatic heterocycles. The summed E-state index contributed by atoms with van der Waals surface area (Å²) in [5, 5.41) is 2.82. The van der Waals surface area contributed by atoms with Crippen molar-refractivity contribution in [2.45, 2.75) is 13.3 Å². The zero-order valence-corrected chi connectivity index (χ0v) is 11.7. The van der Waals surface area contributed by atoms with Crippen LogP contribution in [0.25, 0.3) is 0 Å². The first-order chi connectivity index (χ1) is 9.13. The van der Waals surface area contributed by atoms with E-state index in [1.165, 1.54) is 16.2 Å². The molecule has 19 heavy (non-hydrogen) atoms. The van der Waals surface area contributed by atoms with Gasteiger partial charge < -0.3 is 15.8 Å². The second kappa shape index (κ2) is 5.75. The molecule has 4 nitrogen and oxygen atoms in total. The summed E-state index contributed by atoms with van der Waals surface area (Å²) in [6.07, 6.45) is 0.930. The van der Waals surface area contributed by atoms with E-state index in [0.717, 1.165) is 6.42 Å². The fraction of sp³-hybridized carbons (Fsp3) is 0.214. The van der Waals surface area contributed by atoms with Crippen molar-refractivity contribution in [2.24, 2.45) is 0 Å². The maximum atomic E-state index is 12.1. The van der Waals surface area contributed by atoms with Gasteiger partial charge in [0, 0.05) is 10.6 Å². The van der Waals surface area contributed by atoms with E-state index < -0.39 is 0 Å². The van der Waals surface area contributed by atoms with Gasteiger partial charge in [0.1, 0.15) is 5.75 Å². The van der Waals surface area contributed by atoms with Crippen LogP contribution in [0.15, 0.2) is 30.3 Å². The number of benzene rings is 1. The zero-order valence-electron chi connectivity index (χ0n) is 10.9. The van der Waals surface area contributed by atoms with Crippen LogP contribution in [0.5, 0.6) is 5.75 Å². The average molecular weight is 276 g/mol. The Morgan fingerprint density at radius 3 is 2.79 bits per heavy atom. The summed E-state index contributed by atoms with van der Waals surface area (Å²) < 4.78 is 5.20. The lowest BCUT2D eigenvalue weighted by molar-refractivity contribution is 0.103. The second-order valence-corrected chi connectivity index (χ2v) is 5.20. The first-order valence-corrected chi connectivity index (χ1v) is 6.79. The van der Waals surface area contributed by atoms with Gasteiger partial charge in [0.05, 0.1) is 17.7 Å². The van der Waals surface area contributed by atoms with E-state index in [1.807, 2.05) is 12.1 Å². The Kier molecular flexibility index (Phi) is 4.06. The maximum absolute atomic E-state index is 12.1. The number of methoxy groups -OCH3 is 1. The molecule has 0 unspecified atom stereocenters. The number of carbonyl (C=O) groups excluding carboxylic acids is 1. The first-order valence-electron chi connectivity index (χ1n) is 5.97. The quantitative estimate of drug-likeness (QED) is 0.843. The van der Waals surface area contributed by atoms with E-state index in [2.05, 4.69) is 12.2 Å². The van der Waals surface area contributed by atoms with Crippen LogP contribution in [0.2, 0.25) is 0 Å². The number of hydrogen-bond acceptors (Lipinski definition) is 4. The summed E-state index contributed by atoms with van der Waals surface area (Å²) in [7, 11) is 1.56. The molecule has 5 heteroatoms. The Balaban J connectivity index is 2.20. The number of anilines is 2. The molecule has 0 aliphatic heterocycles. The van der Waals surface area contributed by atoms with Crippen molar-refractivity contribution < 1.29 is 9.53 Å². The molecule has 1 amide bonds. The molecule has 1 aromatic carbocycles. The number of aryl methyl sites for hydroxylation is 1. The van der Waals surface area contributed by atoms with Crippen LogP contribution in [0.3, 0.4) is 0 Å². The number of ether oxygens (including phenoxy) is 1. The SMILES string of the molecule is CCc1ccc(C(=O)Nc2cc(N)ccc2OC)s1. The van der Waals surface area contributed by atoms with Crippen molar-refractivity contribution >= 4 is 28.6 Å². The Morgan fingerprint density at radius 1 is 1.37 bits per heavy atom. The van der Waals surface area contributed by atoms with Crippen molar-refractivity contribution in [1.29, 1.82) is 0 Å². The standard InChI is InChI=1S/C14H16N2O2S/c1-3-10-5-7-13(19-10)14(17)16-11-8-9(15)4-6-12(11)18-2/h4-8H,3,15H2,1-2H3,(H,16,17). The molecule has 0 fully saturated rings. The summed E-state index contributed by atoms with van der Waals surface area (Å²) in [6.45, 7) is 2.06. The number of amides is 1. The molecule has 0 saturated heterocycles. The van der Waals surface area contributed by atoms with Gasteiger partial charge in [-0.1, -0.05) is 6.92 Å². The van der Waals surface area contributed by atoms with Gasteiger partial charge in [-0.25, -0.2) is 0 Å². The van der Waals surface area contributed by atoms with Crippen LogP contribution in [0.1, 0.15) is 21.5 Å². The van der Waals surface area contributed by atoms with Gasteiger partial charge in [-0.05, 0) is 36.8 Å². The summed E-state index contributed by atoms with van der Waals surface area (Å²) >= 11 is 1.49. The van der Waals surface area contributed by atoms with E-state index in [9.17, 15) is 4.79 Å². The highest BCUT2D eigenvalue weighted by Crippen LogP contribution is 2.27. The topological polar surface area (TPSA) is 64.4 Å². The number of nitrogen functional groups attached to an aromatic ring is 1. The zero-order chi connectivity index (χ0) is 13.8. The lowest BCUT2D eigenvalue weighted by atomic mass is 10.2. The smallest absolute Gasteiger partial charge is 0.265 e. The molecular formula is C14H16N2O2S. The molecule has 0 aliphatic carbocycles. The highest BCUT2D eigenvalue weighted by Gasteiger charge is 2.12.